The van der Waals surface area contributed by atoms with E-state index in [0.717, 1.165) is 27.3 Å². The van der Waals surface area contributed by atoms with Gasteiger partial charge in [-0.05, 0) is 20.3 Å². The van der Waals surface area contributed by atoms with Crippen LogP contribution >= 0.6 is 0 Å². The zero-order valence-electron chi connectivity index (χ0n) is 14.7. The van der Waals surface area contributed by atoms with Gasteiger partial charge >= 0.3 is 5.97 Å². The van der Waals surface area contributed by atoms with Crippen molar-refractivity contribution in [3.8, 4) is 0 Å². The largest absolute Gasteiger partial charge is 0.461 e. The van der Waals surface area contributed by atoms with Gasteiger partial charge in [0.2, 0.25) is 0 Å². The highest BCUT2D eigenvalue weighted by molar-refractivity contribution is 7.86. The van der Waals surface area contributed by atoms with Gasteiger partial charge in [-0.1, -0.05) is 6.92 Å². The molecule has 1 aromatic heterocycles. The third kappa shape index (κ3) is 4.52. The summed E-state index contributed by atoms with van der Waals surface area (Å²) in [6, 6.07) is 0. The highest BCUT2D eigenvalue weighted by Crippen LogP contribution is 2.15. The second-order valence-corrected chi connectivity index (χ2v) is 7.77. The van der Waals surface area contributed by atoms with Crippen LogP contribution in [0.4, 0.5) is 0 Å². The summed E-state index contributed by atoms with van der Waals surface area (Å²) in [6.07, 6.45) is 0.920. The lowest BCUT2D eigenvalue weighted by Gasteiger charge is -2.21. The number of hydrogen-bond donors (Lipinski definition) is 0. The number of aryl methyl sites for hydroxylation is 2. The molecule has 0 bridgehead atoms. The molecular weight excluding hydrogens is 320 g/mol. The minimum atomic E-state index is -3.50. The van der Waals surface area contributed by atoms with Gasteiger partial charge in [-0.25, -0.2) is 4.79 Å². The van der Waals surface area contributed by atoms with Crippen molar-refractivity contribution in [2.24, 2.45) is 0 Å². The van der Waals surface area contributed by atoms with E-state index in [1.54, 1.807) is 11.6 Å². The zero-order valence-corrected chi connectivity index (χ0v) is 15.5. The van der Waals surface area contributed by atoms with E-state index >= 15 is 0 Å². The summed E-state index contributed by atoms with van der Waals surface area (Å²) >= 11 is 0. The maximum absolute atomic E-state index is 12.2. The number of ether oxygens (including phenoxy) is 1. The molecule has 0 atom stereocenters. The molecule has 0 aliphatic rings. The van der Waals surface area contributed by atoms with Crippen molar-refractivity contribution in [2.45, 2.75) is 33.7 Å². The first-order chi connectivity index (χ1) is 10.6. The first-order valence-corrected chi connectivity index (χ1v) is 8.87. The van der Waals surface area contributed by atoms with Crippen LogP contribution in [-0.4, -0.2) is 67.1 Å². The molecule has 1 heterocycles. The average Bonchev–Trinajstić information content (AvgIpc) is 2.73. The second-order valence-electron chi connectivity index (χ2n) is 5.52. The highest BCUT2D eigenvalue weighted by Gasteiger charge is 2.22. The highest BCUT2D eigenvalue weighted by atomic mass is 32.2. The van der Waals surface area contributed by atoms with E-state index in [1.807, 2.05) is 13.8 Å². The second kappa shape index (κ2) is 7.89. The zero-order chi connectivity index (χ0) is 17.8. The molecule has 0 radical (unpaired) electrons. The van der Waals surface area contributed by atoms with Crippen LogP contribution in [0.15, 0.2) is 0 Å². The maximum atomic E-state index is 12.2. The smallest absolute Gasteiger partial charge is 0.341 e. The number of carbonyl (C=O) groups is 1. The predicted molar refractivity (Wildman–Crippen MR) is 87.5 cm³/mol. The van der Waals surface area contributed by atoms with Crippen LogP contribution in [0.2, 0.25) is 0 Å². The quantitative estimate of drug-likeness (QED) is 0.650. The first kappa shape index (κ1) is 19.6. The fraction of sp³-hybridized carbons (Fsp3) is 0.714. The van der Waals surface area contributed by atoms with Crippen molar-refractivity contribution < 1.29 is 17.9 Å². The lowest BCUT2D eigenvalue weighted by molar-refractivity contribution is 0.0491. The van der Waals surface area contributed by atoms with E-state index in [1.165, 1.54) is 21.1 Å². The predicted octanol–water partition coefficient (Wildman–Crippen LogP) is 0.805. The van der Waals surface area contributed by atoms with Gasteiger partial charge in [0.05, 0.1) is 11.4 Å². The number of likely N-dealkylation sites (N-methyl/N-ethyl adjacent to an activating group) is 1. The van der Waals surface area contributed by atoms with Crippen LogP contribution in [0.1, 0.15) is 35.1 Å². The maximum Gasteiger partial charge on any atom is 0.341 e. The topological polar surface area (TPSA) is 84.7 Å². The van der Waals surface area contributed by atoms with Crippen LogP contribution < -0.4 is 0 Å². The lowest BCUT2D eigenvalue weighted by atomic mass is 10.2. The number of carbonyl (C=O) groups excluding carboxylic acids is 1. The van der Waals surface area contributed by atoms with Crippen LogP contribution in [0, 0.1) is 13.8 Å². The van der Waals surface area contributed by atoms with Crippen LogP contribution in [0.25, 0.3) is 0 Å². The van der Waals surface area contributed by atoms with E-state index in [2.05, 4.69) is 5.10 Å². The van der Waals surface area contributed by atoms with Gasteiger partial charge in [-0.15, -0.1) is 0 Å². The van der Waals surface area contributed by atoms with Crippen molar-refractivity contribution in [1.29, 1.82) is 0 Å². The van der Waals surface area contributed by atoms with Crippen LogP contribution in [0.5, 0.6) is 0 Å². The molecule has 0 unspecified atom stereocenters. The van der Waals surface area contributed by atoms with Gasteiger partial charge in [-0.2, -0.15) is 22.1 Å². The van der Waals surface area contributed by atoms with Gasteiger partial charge in [0.1, 0.15) is 12.2 Å². The summed E-state index contributed by atoms with van der Waals surface area (Å²) in [5, 5.41) is 4.33. The number of esters is 1. The van der Waals surface area contributed by atoms with Crippen molar-refractivity contribution >= 4 is 16.2 Å². The lowest BCUT2D eigenvalue weighted by Crippen LogP contribution is -2.39. The summed E-state index contributed by atoms with van der Waals surface area (Å²) in [6.45, 7) is 6.44. The third-order valence-corrected chi connectivity index (χ3v) is 5.41. The molecule has 8 nitrogen and oxygen atoms in total. The van der Waals surface area contributed by atoms with Crippen molar-refractivity contribution in [3.63, 3.8) is 0 Å². The summed E-state index contributed by atoms with van der Waals surface area (Å²) < 4.78 is 33.0. The SMILES string of the molecule is CCCn1nc(C)c(C(=O)OCCN(C)S(=O)(=O)N(C)C)c1C. The Bertz CT molecular complexity index is 652. The van der Waals surface area contributed by atoms with Gasteiger partial charge in [0.15, 0.2) is 0 Å². The Labute approximate surface area is 138 Å². The molecule has 1 rings (SSSR count). The minimum Gasteiger partial charge on any atom is -0.461 e. The van der Waals surface area contributed by atoms with Crippen molar-refractivity contribution in [3.05, 3.63) is 17.0 Å². The normalized spacial score (nSPS) is 12.2. The monoisotopic (exact) mass is 346 g/mol. The van der Waals surface area contributed by atoms with Gasteiger partial charge < -0.3 is 4.74 Å². The molecular formula is C14H26N4O4S. The van der Waals surface area contributed by atoms with E-state index in [-0.39, 0.29) is 13.2 Å². The number of nitrogens with zero attached hydrogens (tertiary/aromatic N) is 4. The van der Waals surface area contributed by atoms with Gasteiger partial charge in [0.25, 0.3) is 10.2 Å². The summed E-state index contributed by atoms with van der Waals surface area (Å²) in [5.41, 5.74) is 1.84. The Morgan fingerprint density at radius 3 is 2.39 bits per heavy atom. The van der Waals surface area contributed by atoms with Gasteiger partial charge in [-0.3, -0.25) is 4.68 Å². The summed E-state index contributed by atoms with van der Waals surface area (Å²) in [4.78, 5) is 12.2. The first-order valence-electron chi connectivity index (χ1n) is 7.47. The Kier molecular flexibility index (Phi) is 6.72. The Balaban J connectivity index is 2.68. The Morgan fingerprint density at radius 1 is 1.26 bits per heavy atom. The molecule has 0 spiro atoms. The third-order valence-electron chi connectivity index (χ3n) is 3.52. The Morgan fingerprint density at radius 2 is 1.87 bits per heavy atom. The molecule has 0 saturated carbocycles. The van der Waals surface area contributed by atoms with E-state index in [4.69, 9.17) is 4.74 Å². The fourth-order valence-corrected chi connectivity index (χ4v) is 3.02. The molecule has 132 valence electrons. The molecule has 9 heteroatoms. The minimum absolute atomic E-state index is 0.0136. The molecule has 0 N–H and O–H groups in total. The van der Waals surface area contributed by atoms with E-state index < -0.39 is 16.2 Å². The van der Waals surface area contributed by atoms with Crippen molar-refractivity contribution in [1.82, 2.24) is 18.4 Å². The van der Waals surface area contributed by atoms with E-state index in [0.29, 0.717) is 11.3 Å². The summed E-state index contributed by atoms with van der Waals surface area (Å²) in [7, 11) is 0.845. The van der Waals surface area contributed by atoms with Crippen LogP contribution in [0.3, 0.4) is 0 Å². The van der Waals surface area contributed by atoms with Crippen LogP contribution in [-0.2, 0) is 21.5 Å². The Hall–Kier alpha value is -1.45. The summed E-state index contributed by atoms with van der Waals surface area (Å²) in [5.74, 6) is -0.474. The molecule has 0 aliphatic carbocycles. The standard InChI is InChI=1S/C14H26N4O4S/c1-7-8-18-12(3)13(11(2)15-18)14(19)22-10-9-17(6)23(20,21)16(4)5/h7-10H2,1-6H3. The van der Waals surface area contributed by atoms with Crippen molar-refractivity contribution in [2.75, 3.05) is 34.3 Å². The molecule has 23 heavy (non-hydrogen) atoms. The average molecular weight is 346 g/mol. The molecule has 0 amide bonds. The molecule has 1 aromatic rings. The molecule has 0 aliphatic heterocycles. The fourth-order valence-electron chi connectivity index (χ4n) is 2.16. The molecule has 0 aromatic carbocycles. The van der Waals surface area contributed by atoms with E-state index in [9.17, 15) is 13.2 Å². The molecule has 0 fully saturated rings. The van der Waals surface area contributed by atoms with Gasteiger partial charge in [0, 0.05) is 34.2 Å². The molecule has 0 saturated heterocycles. The number of rotatable bonds is 8. The number of aromatic nitrogens is 2. The number of hydrogen-bond acceptors (Lipinski definition) is 5.